The highest BCUT2D eigenvalue weighted by molar-refractivity contribution is 6.32. The summed E-state index contributed by atoms with van der Waals surface area (Å²) in [5.41, 5.74) is 7.40. The molecule has 143 valence electrons. The third kappa shape index (κ3) is 4.25. The molecule has 8 heteroatoms. The summed E-state index contributed by atoms with van der Waals surface area (Å²) in [6.45, 7) is 0.307. The Morgan fingerprint density at radius 2 is 2.10 bits per heavy atom. The molecule has 2 aromatic heterocycles. The molecule has 3 N–H and O–H groups in total. The van der Waals surface area contributed by atoms with Gasteiger partial charge in [-0.25, -0.2) is 9.97 Å². The largest absolute Gasteiger partial charge is 0.486 e. The zero-order chi connectivity index (χ0) is 20.2. The van der Waals surface area contributed by atoms with E-state index in [0.29, 0.717) is 39.8 Å². The first-order valence-corrected chi connectivity index (χ1v) is 9.05. The molecule has 0 saturated carbocycles. The number of primary amides is 1. The number of halogens is 1. The van der Waals surface area contributed by atoms with Crippen molar-refractivity contribution in [1.29, 1.82) is 0 Å². The first-order chi connectivity index (χ1) is 14.1. The Hall–Kier alpha value is -3.71. The molecule has 0 spiro atoms. The Kier molecular flexibility index (Phi) is 5.22. The molecule has 1 radical (unpaired) electrons. The Balaban J connectivity index is 1.58. The van der Waals surface area contributed by atoms with Crippen molar-refractivity contribution in [2.45, 2.75) is 6.61 Å². The number of aromatic nitrogens is 3. The van der Waals surface area contributed by atoms with E-state index in [1.54, 1.807) is 42.6 Å². The number of hydrogen-bond acceptors (Lipinski definition) is 6. The van der Waals surface area contributed by atoms with Gasteiger partial charge in [0.25, 0.3) is 5.91 Å². The van der Waals surface area contributed by atoms with E-state index in [-0.39, 0.29) is 5.82 Å². The second-order valence-electron chi connectivity index (χ2n) is 6.08. The second-order valence-corrected chi connectivity index (χ2v) is 6.49. The molecule has 29 heavy (non-hydrogen) atoms. The number of amides is 1. The highest BCUT2D eigenvalue weighted by atomic mass is 35.5. The van der Waals surface area contributed by atoms with Gasteiger partial charge in [-0.1, -0.05) is 23.7 Å². The molecule has 0 bridgehead atoms. The van der Waals surface area contributed by atoms with Crippen LogP contribution in [0.3, 0.4) is 0 Å². The van der Waals surface area contributed by atoms with Crippen LogP contribution in [0.15, 0.2) is 60.8 Å². The number of nitrogens with two attached hydrogens (primary N) is 1. The summed E-state index contributed by atoms with van der Waals surface area (Å²) in [5, 5.41) is 4.27. The van der Waals surface area contributed by atoms with Gasteiger partial charge in [0, 0.05) is 17.3 Å². The molecule has 2 aromatic carbocycles. The Morgan fingerprint density at radius 1 is 1.21 bits per heavy atom. The predicted octanol–water partition coefficient (Wildman–Crippen LogP) is 3.90. The van der Waals surface area contributed by atoms with E-state index >= 15 is 0 Å². The predicted molar refractivity (Wildman–Crippen MR) is 110 cm³/mol. The number of rotatable bonds is 6. The molecular formula is C21H15ClN5O2. The van der Waals surface area contributed by atoms with E-state index in [1.165, 1.54) is 0 Å². The second kappa shape index (κ2) is 8.12. The Bertz CT molecular complexity index is 1180. The van der Waals surface area contributed by atoms with Crippen LogP contribution in [-0.4, -0.2) is 20.9 Å². The highest BCUT2D eigenvalue weighted by Crippen LogP contribution is 2.31. The maximum absolute atomic E-state index is 11.6. The molecule has 4 rings (SSSR count). The van der Waals surface area contributed by atoms with Crippen molar-refractivity contribution in [3.05, 3.63) is 83.4 Å². The third-order valence-corrected chi connectivity index (χ3v) is 4.35. The molecule has 0 fully saturated rings. The van der Waals surface area contributed by atoms with Gasteiger partial charge >= 0.3 is 0 Å². The van der Waals surface area contributed by atoms with Crippen LogP contribution in [0, 0.1) is 6.07 Å². The van der Waals surface area contributed by atoms with Crippen LogP contribution in [-0.2, 0) is 6.61 Å². The Morgan fingerprint density at radius 3 is 2.86 bits per heavy atom. The smallest absolute Gasteiger partial charge is 0.286 e. The van der Waals surface area contributed by atoms with Crippen LogP contribution in [0.4, 0.5) is 11.5 Å². The monoisotopic (exact) mass is 404 g/mol. The van der Waals surface area contributed by atoms with Gasteiger partial charge in [0.1, 0.15) is 18.2 Å². The molecule has 7 nitrogen and oxygen atoms in total. The van der Waals surface area contributed by atoms with Gasteiger partial charge < -0.3 is 15.8 Å². The zero-order valence-corrected chi connectivity index (χ0v) is 15.8. The van der Waals surface area contributed by atoms with Gasteiger partial charge in [-0.2, -0.15) is 0 Å². The molecule has 0 atom stereocenters. The number of pyridine rings is 1. The first-order valence-electron chi connectivity index (χ1n) is 8.67. The first kappa shape index (κ1) is 18.6. The average molecular weight is 405 g/mol. The van der Waals surface area contributed by atoms with E-state index in [0.717, 1.165) is 5.69 Å². The quantitative estimate of drug-likeness (QED) is 0.505. The molecule has 4 aromatic rings. The fourth-order valence-electron chi connectivity index (χ4n) is 2.69. The fraction of sp³-hybridized carbons (Fsp3) is 0.0476. The summed E-state index contributed by atoms with van der Waals surface area (Å²) in [4.78, 5) is 24.2. The lowest BCUT2D eigenvalue weighted by Crippen LogP contribution is -2.16. The molecule has 0 aliphatic carbocycles. The number of ether oxygens (including phenoxy) is 1. The standard InChI is InChI=1S/C21H15ClN5O2/c22-16-11-13(8-9-18(16)29-12-14-5-3-4-10-24-14)25-20-15-6-1-2-7-17(15)26-21(27-20)19(23)28/h2-11H,12H2,(H2,23,28)(H,25,26,27). The van der Waals surface area contributed by atoms with Crippen molar-refractivity contribution in [2.75, 3.05) is 5.32 Å². The highest BCUT2D eigenvalue weighted by Gasteiger charge is 2.12. The topological polar surface area (TPSA) is 103 Å². The van der Waals surface area contributed by atoms with Crippen LogP contribution >= 0.6 is 11.6 Å². The van der Waals surface area contributed by atoms with E-state index in [4.69, 9.17) is 22.1 Å². The van der Waals surface area contributed by atoms with E-state index in [2.05, 4.69) is 26.3 Å². The van der Waals surface area contributed by atoms with Crippen LogP contribution in [0.1, 0.15) is 16.3 Å². The molecule has 1 amide bonds. The molecule has 0 saturated heterocycles. The number of carbonyl (C=O) groups excluding carboxylic acids is 1. The summed E-state index contributed by atoms with van der Waals surface area (Å²) in [7, 11) is 0. The van der Waals surface area contributed by atoms with Crippen LogP contribution in [0.2, 0.25) is 5.02 Å². The number of nitrogens with one attached hydrogen (secondary N) is 1. The minimum Gasteiger partial charge on any atom is -0.486 e. The summed E-state index contributed by atoms with van der Waals surface area (Å²) in [5.74, 6) is 0.173. The van der Waals surface area contributed by atoms with Crippen molar-refractivity contribution in [1.82, 2.24) is 15.0 Å². The van der Waals surface area contributed by atoms with Crippen LogP contribution < -0.4 is 15.8 Å². The molecule has 0 unspecified atom stereocenters. The van der Waals surface area contributed by atoms with Crippen LogP contribution in [0.5, 0.6) is 5.75 Å². The third-order valence-electron chi connectivity index (χ3n) is 4.06. The number of fused-ring (bicyclic) bond motifs is 1. The van der Waals surface area contributed by atoms with Crippen molar-refractivity contribution in [3.8, 4) is 5.75 Å². The van der Waals surface area contributed by atoms with Crippen molar-refractivity contribution >= 4 is 39.9 Å². The van der Waals surface area contributed by atoms with Gasteiger partial charge in [0.05, 0.1) is 16.2 Å². The lowest BCUT2D eigenvalue weighted by Gasteiger charge is -2.12. The summed E-state index contributed by atoms with van der Waals surface area (Å²) in [6.07, 6.45) is 1.71. The van der Waals surface area contributed by atoms with Gasteiger partial charge in [0.15, 0.2) is 0 Å². The average Bonchev–Trinajstić information content (AvgIpc) is 2.74. The van der Waals surface area contributed by atoms with Crippen molar-refractivity contribution < 1.29 is 9.53 Å². The number of nitrogens with zero attached hydrogens (tertiary/aromatic N) is 3. The van der Waals surface area contributed by atoms with Gasteiger partial charge in [-0.15, -0.1) is 0 Å². The molecule has 2 heterocycles. The van der Waals surface area contributed by atoms with Gasteiger partial charge in [-0.05, 0) is 48.5 Å². The van der Waals surface area contributed by atoms with Crippen LogP contribution in [0.25, 0.3) is 10.9 Å². The van der Waals surface area contributed by atoms with Gasteiger partial charge in [-0.3, -0.25) is 9.78 Å². The lowest BCUT2D eigenvalue weighted by molar-refractivity contribution is 0.0991. The van der Waals surface area contributed by atoms with Gasteiger partial charge in [0.2, 0.25) is 5.82 Å². The fourth-order valence-corrected chi connectivity index (χ4v) is 2.92. The molecule has 0 aliphatic heterocycles. The maximum Gasteiger partial charge on any atom is 0.286 e. The Labute approximate surface area is 171 Å². The summed E-state index contributed by atoms with van der Waals surface area (Å²) < 4.78 is 5.73. The molecule has 0 aliphatic rings. The summed E-state index contributed by atoms with van der Waals surface area (Å²) in [6, 6.07) is 19.0. The van der Waals surface area contributed by atoms with E-state index < -0.39 is 5.91 Å². The number of hydrogen-bond donors (Lipinski definition) is 2. The normalized spacial score (nSPS) is 10.7. The lowest BCUT2D eigenvalue weighted by atomic mass is 10.2. The zero-order valence-electron chi connectivity index (χ0n) is 15.1. The van der Waals surface area contributed by atoms with Crippen molar-refractivity contribution in [2.24, 2.45) is 5.73 Å². The maximum atomic E-state index is 11.6. The van der Waals surface area contributed by atoms with E-state index in [1.807, 2.05) is 18.2 Å². The molecular weight excluding hydrogens is 390 g/mol. The van der Waals surface area contributed by atoms with E-state index in [9.17, 15) is 4.79 Å². The SMILES string of the molecule is NC(=O)c1nc(Nc2ccc(OCc3ccccn3)c(Cl)c2)c2c[c]ccc2n1. The number of anilines is 2. The number of carbonyl (C=O) groups is 1. The number of benzene rings is 2. The van der Waals surface area contributed by atoms with Crippen molar-refractivity contribution in [3.63, 3.8) is 0 Å². The minimum absolute atomic E-state index is 0.0763. The minimum atomic E-state index is -0.709. The summed E-state index contributed by atoms with van der Waals surface area (Å²) >= 11 is 6.36.